The number of rotatable bonds is 7. The van der Waals surface area contributed by atoms with Crippen LogP contribution in [0.2, 0.25) is 0 Å². The quantitative estimate of drug-likeness (QED) is 0.605. The molecular weight excluding hydrogens is 368 g/mol. The molecule has 0 amide bonds. The Balaban J connectivity index is 1.41. The van der Waals surface area contributed by atoms with Gasteiger partial charge in [-0.3, -0.25) is 9.88 Å². The summed E-state index contributed by atoms with van der Waals surface area (Å²) in [5.74, 6) is 2.28. The highest BCUT2D eigenvalue weighted by atomic mass is 16.5. The summed E-state index contributed by atoms with van der Waals surface area (Å²) in [6.07, 6.45) is 5.88. The molecule has 1 aliphatic rings. The van der Waals surface area contributed by atoms with Gasteiger partial charge < -0.3 is 14.1 Å². The van der Waals surface area contributed by atoms with Crippen molar-refractivity contribution in [3.8, 4) is 17.3 Å². The zero-order valence-corrected chi connectivity index (χ0v) is 17.1. The van der Waals surface area contributed by atoms with E-state index in [-0.39, 0.29) is 5.92 Å². The minimum Gasteiger partial charge on any atom is -0.496 e. The highest BCUT2D eigenvalue weighted by Crippen LogP contribution is 2.29. The largest absolute Gasteiger partial charge is 0.496 e. The zero-order valence-electron chi connectivity index (χ0n) is 17.1. The fourth-order valence-electron chi connectivity index (χ4n) is 3.74. The molecule has 8 nitrogen and oxygen atoms in total. The number of ether oxygens (including phenoxy) is 1. The van der Waals surface area contributed by atoms with E-state index in [2.05, 4.69) is 62.3 Å². The highest BCUT2D eigenvalue weighted by Gasteiger charge is 2.28. The Morgan fingerprint density at radius 1 is 1.24 bits per heavy atom. The molecule has 0 saturated carbocycles. The fourth-order valence-corrected chi connectivity index (χ4v) is 3.74. The van der Waals surface area contributed by atoms with Crippen LogP contribution in [-0.4, -0.2) is 64.3 Å². The molecule has 29 heavy (non-hydrogen) atoms. The van der Waals surface area contributed by atoms with Crippen LogP contribution in [0.3, 0.4) is 0 Å². The molecule has 0 aliphatic carbocycles. The van der Waals surface area contributed by atoms with Crippen LogP contribution in [0.1, 0.15) is 29.4 Å². The van der Waals surface area contributed by atoms with Crippen molar-refractivity contribution in [3.63, 3.8) is 0 Å². The number of aromatic nitrogens is 4. The third-order valence-corrected chi connectivity index (χ3v) is 5.08. The topological polar surface area (TPSA) is 80.4 Å². The van der Waals surface area contributed by atoms with Crippen LogP contribution in [0, 0.1) is 0 Å². The summed E-state index contributed by atoms with van der Waals surface area (Å²) in [4.78, 5) is 12.9. The Kier molecular flexibility index (Phi) is 5.82. The first-order chi connectivity index (χ1) is 14.1. The second kappa shape index (κ2) is 8.67. The van der Waals surface area contributed by atoms with Gasteiger partial charge in [0.25, 0.3) is 5.89 Å². The minimum absolute atomic E-state index is 0.243. The molecule has 3 aromatic rings. The molecule has 8 heteroatoms. The molecule has 152 valence electrons. The number of hydrogen-bond donors (Lipinski definition) is 0. The summed E-state index contributed by atoms with van der Waals surface area (Å²) < 4.78 is 11.4. The van der Waals surface area contributed by atoms with Crippen LogP contribution in [0.4, 0.5) is 0 Å². The first-order valence-electron chi connectivity index (χ1n) is 9.75. The van der Waals surface area contributed by atoms with E-state index in [1.54, 1.807) is 25.7 Å². The van der Waals surface area contributed by atoms with Crippen LogP contribution < -0.4 is 4.74 Å². The molecule has 4 rings (SSSR count). The third kappa shape index (κ3) is 4.60. The number of hydrogen-bond acceptors (Lipinski definition) is 8. The van der Waals surface area contributed by atoms with Gasteiger partial charge in [-0.2, -0.15) is 0 Å². The predicted molar refractivity (Wildman–Crippen MR) is 108 cm³/mol. The molecule has 0 N–H and O–H groups in total. The summed E-state index contributed by atoms with van der Waals surface area (Å²) in [5, 5.41) is 8.39. The summed E-state index contributed by atoms with van der Waals surface area (Å²) in [5.41, 5.74) is 3.10. The highest BCUT2D eigenvalue weighted by molar-refractivity contribution is 5.43. The number of benzene rings is 1. The lowest BCUT2D eigenvalue weighted by atomic mass is 10.1. The van der Waals surface area contributed by atoms with Crippen molar-refractivity contribution >= 4 is 0 Å². The van der Waals surface area contributed by atoms with Gasteiger partial charge in [-0.25, -0.2) is 4.98 Å². The normalized spacial score (nSPS) is 17.2. The standard InChI is InChI=1S/C21H26N6O2/c1-26(2)13-17-10-15(4-5-19(17)28-3)12-27-9-6-16(14-27)20-24-25-21(29-20)18-11-22-7-8-23-18/h4-5,7-8,10-11,16H,6,9,12-14H2,1-3H3. The maximum absolute atomic E-state index is 5.87. The van der Waals surface area contributed by atoms with Gasteiger partial charge in [0.2, 0.25) is 5.89 Å². The van der Waals surface area contributed by atoms with Gasteiger partial charge in [-0.15, -0.1) is 10.2 Å². The second-order valence-electron chi connectivity index (χ2n) is 7.64. The van der Waals surface area contributed by atoms with Gasteiger partial charge in [0, 0.05) is 37.6 Å². The number of methoxy groups -OCH3 is 1. The van der Waals surface area contributed by atoms with E-state index in [1.807, 2.05) is 0 Å². The van der Waals surface area contributed by atoms with Gasteiger partial charge in [0.05, 0.1) is 19.2 Å². The van der Waals surface area contributed by atoms with E-state index in [0.717, 1.165) is 38.3 Å². The van der Waals surface area contributed by atoms with E-state index in [9.17, 15) is 0 Å². The average Bonchev–Trinajstić information content (AvgIpc) is 3.38. The van der Waals surface area contributed by atoms with Gasteiger partial charge in [0.1, 0.15) is 11.4 Å². The van der Waals surface area contributed by atoms with Gasteiger partial charge >= 0.3 is 0 Å². The fraction of sp³-hybridized carbons (Fsp3) is 0.429. The van der Waals surface area contributed by atoms with Crippen LogP contribution in [0.25, 0.3) is 11.6 Å². The summed E-state index contributed by atoms with van der Waals surface area (Å²) in [6.45, 7) is 3.65. The molecule has 1 aliphatic heterocycles. The van der Waals surface area contributed by atoms with E-state index >= 15 is 0 Å². The zero-order chi connectivity index (χ0) is 20.2. The van der Waals surface area contributed by atoms with Crippen molar-refractivity contribution in [2.24, 2.45) is 0 Å². The van der Waals surface area contributed by atoms with Crippen molar-refractivity contribution in [1.29, 1.82) is 0 Å². The molecule has 1 unspecified atom stereocenters. The van der Waals surface area contributed by atoms with E-state index < -0.39 is 0 Å². The van der Waals surface area contributed by atoms with Crippen LogP contribution >= 0.6 is 0 Å². The van der Waals surface area contributed by atoms with Crippen LogP contribution in [0.5, 0.6) is 5.75 Å². The second-order valence-corrected chi connectivity index (χ2v) is 7.64. The molecule has 2 aromatic heterocycles. The summed E-state index contributed by atoms with van der Waals surface area (Å²) >= 11 is 0. The SMILES string of the molecule is COc1ccc(CN2CCC(c3nnc(-c4cnccn4)o3)C2)cc1CN(C)C. The van der Waals surface area contributed by atoms with Gasteiger partial charge in [-0.05, 0) is 44.8 Å². The molecule has 3 heterocycles. The maximum Gasteiger partial charge on any atom is 0.267 e. The van der Waals surface area contributed by atoms with Crippen LogP contribution in [-0.2, 0) is 13.1 Å². The Morgan fingerprint density at radius 3 is 2.90 bits per heavy atom. The lowest BCUT2D eigenvalue weighted by molar-refractivity contribution is 0.319. The first-order valence-corrected chi connectivity index (χ1v) is 9.75. The minimum atomic E-state index is 0.243. The number of nitrogens with zero attached hydrogens (tertiary/aromatic N) is 6. The smallest absolute Gasteiger partial charge is 0.267 e. The molecule has 1 atom stereocenters. The third-order valence-electron chi connectivity index (χ3n) is 5.08. The van der Waals surface area contributed by atoms with E-state index in [1.165, 1.54) is 11.1 Å². The summed E-state index contributed by atoms with van der Waals surface area (Å²) in [7, 11) is 5.85. The number of likely N-dealkylation sites (tertiary alicyclic amines) is 1. The molecule has 0 radical (unpaired) electrons. The van der Waals surface area contributed by atoms with Gasteiger partial charge in [-0.1, -0.05) is 6.07 Å². The first kappa shape index (κ1) is 19.5. The lowest BCUT2D eigenvalue weighted by Gasteiger charge is -2.18. The Hall–Kier alpha value is -2.84. The maximum atomic E-state index is 5.87. The Bertz CT molecular complexity index is 943. The van der Waals surface area contributed by atoms with Crippen molar-refractivity contribution < 1.29 is 9.15 Å². The monoisotopic (exact) mass is 394 g/mol. The van der Waals surface area contributed by atoms with Crippen molar-refractivity contribution in [1.82, 2.24) is 30.0 Å². The predicted octanol–water partition coefficient (Wildman–Crippen LogP) is 2.59. The van der Waals surface area contributed by atoms with Gasteiger partial charge in [0.15, 0.2) is 0 Å². The van der Waals surface area contributed by atoms with E-state index in [4.69, 9.17) is 9.15 Å². The molecule has 1 saturated heterocycles. The Labute approximate surface area is 170 Å². The summed E-state index contributed by atoms with van der Waals surface area (Å²) in [6, 6.07) is 6.45. The molecule has 0 bridgehead atoms. The molecule has 1 fully saturated rings. The molecular formula is C21H26N6O2. The lowest BCUT2D eigenvalue weighted by Crippen LogP contribution is -2.20. The van der Waals surface area contributed by atoms with Crippen molar-refractivity contribution in [3.05, 3.63) is 53.8 Å². The molecule has 0 spiro atoms. The Morgan fingerprint density at radius 2 is 2.14 bits per heavy atom. The van der Waals surface area contributed by atoms with Crippen molar-refractivity contribution in [2.45, 2.75) is 25.4 Å². The average molecular weight is 394 g/mol. The van der Waals surface area contributed by atoms with Crippen LogP contribution in [0.15, 0.2) is 41.2 Å². The molecule has 1 aromatic carbocycles. The van der Waals surface area contributed by atoms with E-state index in [0.29, 0.717) is 17.5 Å². The van der Waals surface area contributed by atoms with Crippen molar-refractivity contribution in [2.75, 3.05) is 34.3 Å².